The van der Waals surface area contributed by atoms with Crippen LogP contribution in [0.4, 0.5) is 13.9 Å². The summed E-state index contributed by atoms with van der Waals surface area (Å²) in [6.45, 7) is 0.182. The second kappa shape index (κ2) is 8.50. The molecule has 2 amide bonds. The first-order valence-electron chi connectivity index (χ1n) is 8.07. The summed E-state index contributed by atoms with van der Waals surface area (Å²) in [5.74, 6) is -2.45. The van der Waals surface area contributed by atoms with E-state index >= 15 is 0 Å². The zero-order valence-corrected chi connectivity index (χ0v) is 14.9. The molecule has 5 nitrogen and oxygen atoms in total. The number of nitrogens with one attached hydrogen (secondary N) is 2. The Hall–Kier alpha value is -3.13. The van der Waals surface area contributed by atoms with E-state index in [2.05, 4.69) is 15.6 Å². The largest absolute Gasteiger partial charge is 0.352 e. The zero-order valence-electron chi connectivity index (χ0n) is 14.0. The lowest BCUT2D eigenvalue weighted by Gasteiger charge is -2.05. The van der Waals surface area contributed by atoms with Gasteiger partial charge >= 0.3 is 0 Å². The molecule has 0 atom stereocenters. The number of amides is 2. The van der Waals surface area contributed by atoms with E-state index in [0.29, 0.717) is 22.0 Å². The molecule has 138 valence electrons. The number of aromatic nitrogens is 1. The summed E-state index contributed by atoms with van der Waals surface area (Å²) in [6.07, 6.45) is 0.0820. The van der Waals surface area contributed by atoms with Crippen LogP contribution in [-0.2, 0) is 4.79 Å². The smallest absolute Gasteiger partial charge is 0.251 e. The van der Waals surface area contributed by atoms with Gasteiger partial charge in [-0.2, -0.15) is 0 Å². The van der Waals surface area contributed by atoms with E-state index in [1.807, 2.05) is 6.07 Å². The van der Waals surface area contributed by atoms with Gasteiger partial charge < -0.3 is 10.6 Å². The molecule has 0 spiro atoms. The highest BCUT2D eigenvalue weighted by Gasteiger charge is 2.11. The Morgan fingerprint density at radius 1 is 1.04 bits per heavy atom. The van der Waals surface area contributed by atoms with Gasteiger partial charge in [0.2, 0.25) is 5.91 Å². The lowest BCUT2D eigenvalue weighted by Crippen LogP contribution is -2.27. The van der Waals surface area contributed by atoms with Gasteiger partial charge in [-0.05, 0) is 30.3 Å². The van der Waals surface area contributed by atoms with Crippen LogP contribution in [0.5, 0.6) is 0 Å². The number of hydrogen-bond donors (Lipinski definition) is 2. The topological polar surface area (TPSA) is 71.1 Å². The normalized spacial score (nSPS) is 10.4. The molecule has 2 aromatic carbocycles. The Labute approximate surface area is 158 Å². The number of thiazole rings is 1. The standard InChI is InChI=1S/C19H15F2N3O2S/c20-14-7-6-13(10-15(14)21)16-11-27-19(23-16)24-17(25)8-9-22-18(26)12-4-2-1-3-5-12/h1-7,10-11H,8-9H2,(H,22,26)(H,23,24,25). The van der Waals surface area contributed by atoms with Crippen LogP contribution in [0.25, 0.3) is 11.3 Å². The monoisotopic (exact) mass is 387 g/mol. The molecule has 27 heavy (non-hydrogen) atoms. The molecular formula is C19H15F2N3O2S. The minimum absolute atomic E-state index is 0.0820. The number of benzene rings is 2. The predicted octanol–water partition coefficient (Wildman–Crippen LogP) is 3.85. The summed E-state index contributed by atoms with van der Waals surface area (Å²) >= 11 is 1.17. The second-order valence-electron chi connectivity index (χ2n) is 5.59. The second-order valence-corrected chi connectivity index (χ2v) is 6.44. The molecule has 0 radical (unpaired) electrons. The highest BCUT2D eigenvalue weighted by molar-refractivity contribution is 7.14. The summed E-state index contributed by atoms with van der Waals surface area (Å²) < 4.78 is 26.3. The molecule has 3 rings (SSSR count). The van der Waals surface area contributed by atoms with Crippen LogP contribution in [0.15, 0.2) is 53.9 Å². The van der Waals surface area contributed by atoms with E-state index < -0.39 is 11.6 Å². The van der Waals surface area contributed by atoms with Crippen LogP contribution in [-0.4, -0.2) is 23.3 Å². The van der Waals surface area contributed by atoms with Crippen LogP contribution >= 0.6 is 11.3 Å². The fraction of sp³-hybridized carbons (Fsp3) is 0.105. The maximum atomic E-state index is 13.3. The number of hydrogen-bond acceptors (Lipinski definition) is 4. The Balaban J connectivity index is 1.50. The summed E-state index contributed by atoms with van der Waals surface area (Å²) in [7, 11) is 0. The van der Waals surface area contributed by atoms with Crippen LogP contribution in [0.2, 0.25) is 0 Å². The number of carbonyl (C=O) groups is 2. The third-order valence-electron chi connectivity index (χ3n) is 3.64. The van der Waals surface area contributed by atoms with Gasteiger partial charge in [0.05, 0.1) is 5.69 Å². The number of anilines is 1. The molecule has 0 saturated heterocycles. The zero-order chi connectivity index (χ0) is 19.2. The van der Waals surface area contributed by atoms with Gasteiger partial charge in [0.25, 0.3) is 5.91 Å². The summed E-state index contributed by atoms with van der Waals surface area (Å²) in [6, 6.07) is 12.2. The van der Waals surface area contributed by atoms with E-state index in [1.165, 1.54) is 17.4 Å². The quantitative estimate of drug-likeness (QED) is 0.675. The minimum atomic E-state index is -0.958. The fourth-order valence-electron chi connectivity index (χ4n) is 2.28. The SMILES string of the molecule is O=C(CCNC(=O)c1ccccc1)Nc1nc(-c2ccc(F)c(F)c2)cs1. The van der Waals surface area contributed by atoms with Gasteiger partial charge in [-0.25, -0.2) is 13.8 Å². The Morgan fingerprint density at radius 3 is 2.56 bits per heavy atom. The molecular weight excluding hydrogens is 372 g/mol. The molecule has 0 aliphatic heterocycles. The molecule has 0 aliphatic carbocycles. The summed E-state index contributed by atoms with van der Waals surface area (Å²) in [5.41, 5.74) is 1.38. The number of rotatable bonds is 6. The van der Waals surface area contributed by atoms with Crippen molar-refractivity contribution in [2.75, 3.05) is 11.9 Å². The molecule has 0 aliphatic rings. The Morgan fingerprint density at radius 2 is 1.81 bits per heavy atom. The van der Waals surface area contributed by atoms with E-state index in [9.17, 15) is 18.4 Å². The van der Waals surface area contributed by atoms with Crippen molar-refractivity contribution in [2.45, 2.75) is 6.42 Å². The van der Waals surface area contributed by atoms with Crippen molar-refractivity contribution < 1.29 is 18.4 Å². The van der Waals surface area contributed by atoms with Gasteiger partial charge in [-0.1, -0.05) is 18.2 Å². The molecule has 0 unspecified atom stereocenters. The lowest BCUT2D eigenvalue weighted by molar-refractivity contribution is -0.116. The molecule has 8 heteroatoms. The molecule has 2 N–H and O–H groups in total. The first-order valence-corrected chi connectivity index (χ1v) is 8.95. The van der Waals surface area contributed by atoms with Crippen molar-refractivity contribution in [1.82, 2.24) is 10.3 Å². The molecule has 0 bridgehead atoms. The lowest BCUT2D eigenvalue weighted by atomic mass is 10.2. The molecule has 1 heterocycles. The van der Waals surface area contributed by atoms with Crippen molar-refractivity contribution in [3.63, 3.8) is 0 Å². The van der Waals surface area contributed by atoms with Crippen LogP contribution in [0, 0.1) is 11.6 Å². The Bertz CT molecular complexity index is 961. The maximum Gasteiger partial charge on any atom is 0.251 e. The summed E-state index contributed by atoms with van der Waals surface area (Å²) in [5, 5.41) is 7.27. The molecule has 3 aromatic rings. The number of carbonyl (C=O) groups excluding carboxylic acids is 2. The van der Waals surface area contributed by atoms with Crippen molar-refractivity contribution in [3.8, 4) is 11.3 Å². The maximum absolute atomic E-state index is 13.3. The van der Waals surface area contributed by atoms with Crippen molar-refractivity contribution in [3.05, 3.63) is 71.1 Å². The highest BCUT2D eigenvalue weighted by atomic mass is 32.1. The number of halogens is 2. The van der Waals surface area contributed by atoms with Crippen molar-refractivity contribution in [1.29, 1.82) is 0 Å². The fourth-order valence-corrected chi connectivity index (χ4v) is 3.02. The van der Waals surface area contributed by atoms with Crippen molar-refractivity contribution >= 4 is 28.3 Å². The molecule has 1 aromatic heterocycles. The summed E-state index contributed by atoms with van der Waals surface area (Å²) in [4.78, 5) is 28.0. The van der Waals surface area contributed by atoms with E-state index in [4.69, 9.17) is 0 Å². The van der Waals surface area contributed by atoms with E-state index in [0.717, 1.165) is 12.1 Å². The first kappa shape index (κ1) is 18.7. The molecule has 0 fully saturated rings. The predicted molar refractivity (Wildman–Crippen MR) is 99.5 cm³/mol. The van der Waals surface area contributed by atoms with Gasteiger partial charge in [0, 0.05) is 29.5 Å². The molecule has 0 saturated carbocycles. The van der Waals surface area contributed by atoms with Crippen molar-refractivity contribution in [2.24, 2.45) is 0 Å². The van der Waals surface area contributed by atoms with Gasteiger partial charge in [-0.3, -0.25) is 9.59 Å². The van der Waals surface area contributed by atoms with Gasteiger partial charge in [-0.15, -0.1) is 11.3 Å². The van der Waals surface area contributed by atoms with Crippen LogP contribution in [0.1, 0.15) is 16.8 Å². The number of nitrogens with zero attached hydrogens (tertiary/aromatic N) is 1. The first-order chi connectivity index (χ1) is 13.0. The van der Waals surface area contributed by atoms with E-state index in [1.54, 1.807) is 29.6 Å². The Kier molecular flexibility index (Phi) is 5.87. The minimum Gasteiger partial charge on any atom is -0.352 e. The van der Waals surface area contributed by atoms with E-state index in [-0.39, 0.29) is 24.8 Å². The third kappa shape index (κ3) is 4.95. The van der Waals surface area contributed by atoms with Gasteiger partial charge in [0.1, 0.15) is 0 Å². The average Bonchev–Trinajstić information content (AvgIpc) is 3.13. The van der Waals surface area contributed by atoms with Crippen LogP contribution in [0.3, 0.4) is 0 Å². The highest BCUT2D eigenvalue weighted by Crippen LogP contribution is 2.26. The third-order valence-corrected chi connectivity index (χ3v) is 4.40. The average molecular weight is 387 g/mol. The van der Waals surface area contributed by atoms with Gasteiger partial charge in [0.15, 0.2) is 16.8 Å². The van der Waals surface area contributed by atoms with Crippen LogP contribution < -0.4 is 10.6 Å².